The predicted molar refractivity (Wildman–Crippen MR) is 116 cm³/mol. The first-order chi connectivity index (χ1) is 14.4. The Labute approximate surface area is 180 Å². The van der Waals surface area contributed by atoms with Crippen molar-refractivity contribution >= 4 is 17.7 Å². The Morgan fingerprint density at radius 1 is 1.10 bits per heavy atom. The number of esters is 1. The average Bonchev–Trinajstić information content (AvgIpc) is 3.06. The van der Waals surface area contributed by atoms with Crippen molar-refractivity contribution in [2.45, 2.75) is 90.1 Å². The van der Waals surface area contributed by atoms with Crippen molar-refractivity contribution in [3.05, 3.63) is 24.3 Å². The van der Waals surface area contributed by atoms with Crippen LogP contribution in [0.25, 0.3) is 0 Å². The van der Waals surface area contributed by atoms with Gasteiger partial charge in [-0.1, -0.05) is 70.1 Å². The van der Waals surface area contributed by atoms with E-state index in [1.807, 2.05) is 18.2 Å². The monoisotopic (exact) mass is 422 g/mol. The zero-order chi connectivity index (χ0) is 22.2. The predicted octanol–water partition coefficient (Wildman–Crippen LogP) is 4.60. The minimum atomic E-state index is -0.997. The second-order valence-electron chi connectivity index (χ2n) is 8.06. The van der Waals surface area contributed by atoms with E-state index in [-0.39, 0.29) is 30.5 Å². The average molecular weight is 423 g/mol. The highest BCUT2D eigenvalue weighted by atomic mass is 16.5. The van der Waals surface area contributed by atoms with Crippen LogP contribution >= 0.6 is 0 Å². The Bertz CT molecular complexity index is 580. The molecule has 0 saturated carbocycles. The van der Waals surface area contributed by atoms with E-state index >= 15 is 0 Å². The lowest BCUT2D eigenvalue weighted by Crippen LogP contribution is -2.15. The number of hydrogen-bond donors (Lipinski definition) is 2. The first-order valence-electron chi connectivity index (χ1n) is 11.4. The first-order valence-corrected chi connectivity index (χ1v) is 11.4. The van der Waals surface area contributed by atoms with Crippen molar-refractivity contribution in [1.29, 1.82) is 0 Å². The number of hydrogen-bond acceptors (Lipinski definition) is 5. The Morgan fingerprint density at radius 2 is 1.83 bits per heavy atom. The molecule has 2 N–H and O–H groups in total. The fraction of sp³-hybridized carbons (Fsp3) is 0.708. The van der Waals surface area contributed by atoms with E-state index < -0.39 is 18.0 Å². The van der Waals surface area contributed by atoms with Crippen molar-refractivity contribution in [2.24, 2.45) is 11.8 Å². The van der Waals surface area contributed by atoms with Crippen molar-refractivity contribution in [2.75, 3.05) is 6.61 Å². The summed E-state index contributed by atoms with van der Waals surface area (Å²) in [5.74, 6) is -1.20. The number of carbonyl (C=O) groups excluding carboxylic acids is 2. The minimum absolute atomic E-state index is 0.0146. The summed E-state index contributed by atoms with van der Waals surface area (Å²) < 4.78 is 5.00. The second kappa shape index (κ2) is 15.8. The summed E-state index contributed by atoms with van der Waals surface area (Å²) in [7, 11) is 0. The van der Waals surface area contributed by atoms with Gasteiger partial charge in [-0.3, -0.25) is 14.4 Å². The van der Waals surface area contributed by atoms with Gasteiger partial charge >= 0.3 is 11.9 Å². The van der Waals surface area contributed by atoms with Gasteiger partial charge in [0.05, 0.1) is 25.6 Å². The van der Waals surface area contributed by atoms with Crippen LogP contribution in [0.4, 0.5) is 0 Å². The number of ketones is 1. The van der Waals surface area contributed by atoms with Gasteiger partial charge in [-0.2, -0.15) is 0 Å². The largest absolute Gasteiger partial charge is 0.481 e. The molecule has 0 unspecified atom stereocenters. The fourth-order valence-electron chi connectivity index (χ4n) is 3.61. The van der Waals surface area contributed by atoms with E-state index in [4.69, 9.17) is 9.84 Å². The Balaban J connectivity index is 2.14. The van der Waals surface area contributed by atoms with E-state index in [1.54, 1.807) is 6.08 Å². The third kappa shape index (κ3) is 11.9. The number of ether oxygens (including phenoxy) is 1. The van der Waals surface area contributed by atoms with Gasteiger partial charge in [0.15, 0.2) is 5.78 Å². The molecule has 170 valence electrons. The molecule has 0 amide bonds. The van der Waals surface area contributed by atoms with Gasteiger partial charge in [-0.25, -0.2) is 0 Å². The second-order valence-corrected chi connectivity index (χ2v) is 8.06. The number of carbonyl (C=O) groups is 3. The minimum Gasteiger partial charge on any atom is -0.481 e. The van der Waals surface area contributed by atoms with Gasteiger partial charge in [-0.15, -0.1) is 0 Å². The Kier molecular flexibility index (Phi) is 13.8. The molecule has 1 aliphatic carbocycles. The molecule has 6 nitrogen and oxygen atoms in total. The lowest BCUT2D eigenvalue weighted by Gasteiger charge is -2.15. The molecule has 0 aliphatic heterocycles. The topological polar surface area (TPSA) is 101 Å². The van der Waals surface area contributed by atoms with Crippen molar-refractivity contribution in [3.8, 4) is 0 Å². The molecule has 0 fully saturated rings. The maximum absolute atomic E-state index is 12.1. The van der Waals surface area contributed by atoms with Crippen molar-refractivity contribution < 1.29 is 29.3 Å². The molecule has 0 aromatic carbocycles. The number of aliphatic hydroxyl groups excluding tert-OH is 1. The molecule has 0 radical (unpaired) electrons. The van der Waals surface area contributed by atoms with Gasteiger partial charge in [0.1, 0.15) is 0 Å². The van der Waals surface area contributed by atoms with Gasteiger partial charge in [0.2, 0.25) is 0 Å². The van der Waals surface area contributed by atoms with Crippen LogP contribution in [0.2, 0.25) is 0 Å². The molecule has 1 aliphatic rings. The van der Waals surface area contributed by atoms with Crippen molar-refractivity contribution in [3.63, 3.8) is 0 Å². The third-order valence-corrected chi connectivity index (χ3v) is 5.44. The summed E-state index contributed by atoms with van der Waals surface area (Å²) in [6.45, 7) is 2.47. The first kappa shape index (κ1) is 26.1. The Hall–Kier alpha value is -1.95. The number of carboxylic acid groups (broad SMARTS) is 1. The van der Waals surface area contributed by atoms with E-state index in [2.05, 4.69) is 6.92 Å². The Morgan fingerprint density at radius 3 is 2.57 bits per heavy atom. The van der Waals surface area contributed by atoms with Crippen LogP contribution in [0.3, 0.4) is 0 Å². The third-order valence-electron chi connectivity index (χ3n) is 5.44. The zero-order valence-corrected chi connectivity index (χ0v) is 18.3. The van der Waals surface area contributed by atoms with Crippen LogP contribution in [0.1, 0.15) is 84.0 Å². The van der Waals surface area contributed by atoms with Crippen LogP contribution in [-0.4, -0.2) is 40.6 Å². The number of rotatable bonds is 17. The molecule has 0 spiro atoms. The van der Waals surface area contributed by atoms with Crippen LogP contribution < -0.4 is 0 Å². The highest BCUT2D eigenvalue weighted by Gasteiger charge is 2.27. The van der Waals surface area contributed by atoms with E-state index in [1.165, 1.54) is 0 Å². The number of unbranched alkanes of at least 4 members (excludes halogenated alkanes) is 6. The molecule has 0 aromatic rings. The molecule has 1 rings (SSSR count). The number of aliphatic hydroxyl groups is 1. The quantitative estimate of drug-likeness (QED) is 0.202. The summed E-state index contributed by atoms with van der Waals surface area (Å²) >= 11 is 0. The van der Waals surface area contributed by atoms with E-state index in [0.717, 1.165) is 64.2 Å². The summed E-state index contributed by atoms with van der Waals surface area (Å²) in [5.41, 5.74) is 0. The molecule has 0 heterocycles. The lowest BCUT2D eigenvalue weighted by molar-refractivity contribution is -0.147. The fourth-order valence-corrected chi connectivity index (χ4v) is 3.61. The normalized spacial score (nSPS) is 19.5. The molecular formula is C24H38O6. The molecule has 0 bridgehead atoms. The molecule has 3 atom stereocenters. The maximum atomic E-state index is 12.1. The molecule has 30 heavy (non-hydrogen) atoms. The highest BCUT2D eigenvalue weighted by Crippen LogP contribution is 2.29. The summed E-state index contributed by atoms with van der Waals surface area (Å²) in [4.78, 5) is 33.8. The van der Waals surface area contributed by atoms with Gasteiger partial charge < -0.3 is 14.9 Å². The standard InChI is InChI=1S/C24H38O6/c1-2-3-7-10-20(25)14-12-19-13-15-22(26)21(19)11-8-5-4-6-9-18-30-24(29)17-16-23(27)28/h12-15,19-21,25H,2-11,16-18H2,1H3,(H,27,28)/t19-,20-,21+/m0/s1. The number of aliphatic carboxylic acids is 1. The van der Waals surface area contributed by atoms with E-state index in [9.17, 15) is 19.5 Å². The van der Waals surface area contributed by atoms with Gasteiger partial charge in [0.25, 0.3) is 0 Å². The SMILES string of the molecule is CCCCC[C@H](O)C=C[C@H]1C=CC(=O)[C@@H]1CCCCCCCOC(=O)CCC(=O)O. The van der Waals surface area contributed by atoms with Gasteiger partial charge in [0, 0.05) is 11.8 Å². The molecular weight excluding hydrogens is 384 g/mol. The number of allylic oxidation sites excluding steroid dienone is 3. The van der Waals surface area contributed by atoms with Crippen LogP contribution in [-0.2, 0) is 19.1 Å². The molecule has 6 heteroatoms. The number of carboxylic acids is 1. The summed E-state index contributed by atoms with van der Waals surface area (Å²) in [6, 6.07) is 0. The maximum Gasteiger partial charge on any atom is 0.306 e. The van der Waals surface area contributed by atoms with E-state index in [0.29, 0.717) is 6.61 Å². The lowest BCUT2D eigenvalue weighted by atomic mass is 9.88. The van der Waals surface area contributed by atoms with Crippen LogP contribution in [0.15, 0.2) is 24.3 Å². The van der Waals surface area contributed by atoms with Crippen LogP contribution in [0.5, 0.6) is 0 Å². The van der Waals surface area contributed by atoms with Crippen molar-refractivity contribution in [1.82, 2.24) is 0 Å². The zero-order valence-electron chi connectivity index (χ0n) is 18.3. The summed E-state index contributed by atoms with van der Waals surface area (Å²) in [5, 5.41) is 18.6. The summed E-state index contributed by atoms with van der Waals surface area (Å²) in [6.07, 6.45) is 16.4. The molecule has 0 aromatic heterocycles. The van der Waals surface area contributed by atoms with Crippen LogP contribution in [0, 0.1) is 11.8 Å². The molecule has 0 saturated heterocycles. The highest BCUT2D eigenvalue weighted by molar-refractivity contribution is 5.94. The van der Waals surface area contributed by atoms with Gasteiger partial charge in [-0.05, 0) is 25.3 Å². The smallest absolute Gasteiger partial charge is 0.306 e.